The summed E-state index contributed by atoms with van der Waals surface area (Å²) in [7, 11) is 0. The van der Waals surface area contributed by atoms with E-state index in [2.05, 4.69) is 41.4 Å². The first-order valence-corrected chi connectivity index (χ1v) is 9.64. The van der Waals surface area contributed by atoms with Gasteiger partial charge in [-0.15, -0.1) is 0 Å². The van der Waals surface area contributed by atoms with Crippen LogP contribution in [0.15, 0.2) is 34.9 Å². The Morgan fingerprint density at radius 3 is 2.62 bits per heavy atom. The van der Waals surface area contributed by atoms with E-state index in [1.165, 1.54) is 37.9 Å². The zero-order valence-corrected chi connectivity index (χ0v) is 15.8. The number of amides is 1. The predicted molar refractivity (Wildman–Crippen MR) is 102 cm³/mol. The summed E-state index contributed by atoms with van der Waals surface area (Å²) < 4.78 is 5.30. The minimum absolute atomic E-state index is 0.0806. The van der Waals surface area contributed by atoms with E-state index in [1.807, 2.05) is 18.2 Å². The van der Waals surface area contributed by atoms with Crippen molar-refractivity contribution in [1.29, 1.82) is 0 Å². The monoisotopic (exact) mass is 355 g/mol. The molecule has 0 bridgehead atoms. The molecule has 0 saturated carbocycles. The second-order valence-electron chi connectivity index (χ2n) is 7.60. The summed E-state index contributed by atoms with van der Waals surface area (Å²) in [6.07, 6.45) is 4.79. The molecule has 1 saturated heterocycles. The van der Waals surface area contributed by atoms with Gasteiger partial charge in [0.2, 0.25) is 0 Å². The number of nitrogens with zero attached hydrogens (tertiary/aromatic N) is 2. The molecule has 5 heteroatoms. The van der Waals surface area contributed by atoms with Gasteiger partial charge in [-0.05, 0) is 49.5 Å². The topological polar surface area (TPSA) is 58.4 Å². The van der Waals surface area contributed by atoms with Crippen molar-refractivity contribution in [2.45, 2.75) is 52.6 Å². The fourth-order valence-corrected chi connectivity index (χ4v) is 3.35. The SMILES string of the molecule is CC(C)Cc1cc(CNC(=O)c2ccc(CN3CCCCC3)cc2)no1. The lowest BCUT2D eigenvalue weighted by Crippen LogP contribution is -2.29. The third-order valence-corrected chi connectivity index (χ3v) is 4.72. The van der Waals surface area contributed by atoms with Crippen molar-refractivity contribution >= 4 is 5.91 Å². The molecule has 0 spiro atoms. The largest absolute Gasteiger partial charge is 0.361 e. The lowest BCUT2D eigenvalue weighted by atomic mass is 10.1. The molecule has 3 rings (SSSR count). The molecule has 1 aliphatic heterocycles. The smallest absolute Gasteiger partial charge is 0.251 e. The fraction of sp³-hybridized carbons (Fsp3) is 0.524. The average Bonchev–Trinajstić information content (AvgIpc) is 3.08. The Balaban J connectivity index is 1.49. The first-order chi connectivity index (χ1) is 12.6. The molecule has 1 fully saturated rings. The zero-order chi connectivity index (χ0) is 18.4. The van der Waals surface area contributed by atoms with Crippen molar-refractivity contribution < 1.29 is 9.32 Å². The van der Waals surface area contributed by atoms with Gasteiger partial charge in [-0.2, -0.15) is 0 Å². The van der Waals surface area contributed by atoms with Gasteiger partial charge < -0.3 is 9.84 Å². The predicted octanol–water partition coefficient (Wildman–Crippen LogP) is 3.79. The van der Waals surface area contributed by atoms with Gasteiger partial charge in [-0.3, -0.25) is 9.69 Å². The molecule has 2 aromatic rings. The van der Waals surface area contributed by atoms with Gasteiger partial charge >= 0.3 is 0 Å². The maximum atomic E-state index is 12.3. The van der Waals surface area contributed by atoms with Crippen LogP contribution in [0.3, 0.4) is 0 Å². The molecule has 5 nitrogen and oxygen atoms in total. The van der Waals surface area contributed by atoms with E-state index < -0.39 is 0 Å². The molecule has 1 N–H and O–H groups in total. The number of hydrogen-bond acceptors (Lipinski definition) is 4. The molecule has 1 aromatic heterocycles. The van der Waals surface area contributed by atoms with E-state index in [9.17, 15) is 4.79 Å². The Bertz CT molecular complexity index is 700. The van der Waals surface area contributed by atoms with Crippen LogP contribution in [0, 0.1) is 5.92 Å². The molecule has 1 amide bonds. The number of likely N-dealkylation sites (tertiary alicyclic amines) is 1. The highest BCUT2D eigenvalue weighted by molar-refractivity contribution is 5.94. The van der Waals surface area contributed by atoms with Crippen LogP contribution in [0.4, 0.5) is 0 Å². The number of nitrogens with one attached hydrogen (secondary N) is 1. The maximum absolute atomic E-state index is 12.3. The number of hydrogen-bond donors (Lipinski definition) is 1. The summed E-state index contributed by atoms with van der Waals surface area (Å²) in [6.45, 7) is 7.99. The van der Waals surface area contributed by atoms with E-state index in [4.69, 9.17) is 4.52 Å². The van der Waals surface area contributed by atoms with Crippen LogP contribution in [0.1, 0.15) is 60.5 Å². The molecule has 2 heterocycles. The highest BCUT2D eigenvalue weighted by atomic mass is 16.5. The van der Waals surface area contributed by atoms with Crippen molar-refractivity contribution in [3.05, 3.63) is 52.9 Å². The first kappa shape index (κ1) is 18.6. The molecule has 26 heavy (non-hydrogen) atoms. The van der Waals surface area contributed by atoms with E-state index in [1.54, 1.807) is 0 Å². The Morgan fingerprint density at radius 2 is 1.92 bits per heavy atom. The lowest BCUT2D eigenvalue weighted by Gasteiger charge is -2.26. The minimum atomic E-state index is -0.0806. The molecule has 1 aliphatic rings. The van der Waals surface area contributed by atoms with Crippen LogP contribution in [-0.2, 0) is 19.5 Å². The Hall–Kier alpha value is -2.14. The van der Waals surface area contributed by atoms with Crippen LogP contribution >= 0.6 is 0 Å². The highest BCUT2D eigenvalue weighted by Gasteiger charge is 2.12. The van der Waals surface area contributed by atoms with Crippen LogP contribution in [0.5, 0.6) is 0 Å². The third kappa shape index (κ3) is 5.43. The summed E-state index contributed by atoms with van der Waals surface area (Å²) >= 11 is 0. The van der Waals surface area contributed by atoms with Gasteiger partial charge in [0.05, 0.1) is 6.54 Å². The molecule has 0 radical (unpaired) electrons. The number of rotatable bonds is 7. The maximum Gasteiger partial charge on any atom is 0.251 e. The fourth-order valence-electron chi connectivity index (χ4n) is 3.35. The molecule has 0 aliphatic carbocycles. The van der Waals surface area contributed by atoms with Crippen molar-refractivity contribution in [3.63, 3.8) is 0 Å². The molecule has 1 aromatic carbocycles. The van der Waals surface area contributed by atoms with Crippen molar-refractivity contribution in [2.24, 2.45) is 5.92 Å². The number of carbonyl (C=O) groups excluding carboxylic acids is 1. The van der Waals surface area contributed by atoms with E-state index in [-0.39, 0.29) is 5.91 Å². The summed E-state index contributed by atoms with van der Waals surface area (Å²) in [6, 6.07) is 9.84. The summed E-state index contributed by atoms with van der Waals surface area (Å²) in [4.78, 5) is 14.8. The van der Waals surface area contributed by atoms with E-state index in [0.29, 0.717) is 18.0 Å². The summed E-state index contributed by atoms with van der Waals surface area (Å²) in [5, 5.41) is 6.93. The molecular formula is C21H29N3O2. The highest BCUT2D eigenvalue weighted by Crippen LogP contribution is 2.14. The van der Waals surface area contributed by atoms with Gasteiger partial charge in [-0.25, -0.2) is 0 Å². The van der Waals surface area contributed by atoms with Crippen molar-refractivity contribution in [2.75, 3.05) is 13.1 Å². The minimum Gasteiger partial charge on any atom is -0.361 e. The second kappa shape index (κ2) is 8.99. The van der Waals surface area contributed by atoms with E-state index in [0.717, 1.165) is 24.4 Å². The van der Waals surface area contributed by atoms with Gasteiger partial charge in [0, 0.05) is 24.6 Å². The number of benzene rings is 1. The van der Waals surface area contributed by atoms with Crippen LogP contribution in [0.2, 0.25) is 0 Å². The third-order valence-electron chi connectivity index (χ3n) is 4.72. The van der Waals surface area contributed by atoms with Crippen LogP contribution in [-0.4, -0.2) is 29.1 Å². The zero-order valence-electron chi connectivity index (χ0n) is 15.8. The standard InChI is InChI=1S/C21H29N3O2/c1-16(2)12-20-13-19(23-26-20)14-22-21(25)18-8-6-17(7-9-18)15-24-10-4-3-5-11-24/h6-9,13,16H,3-5,10-12,14-15H2,1-2H3,(H,22,25). The summed E-state index contributed by atoms with van der Waals surface area (Å²) in [5.41, 5.74) is 2.70. The van der Waals surface area contributed by atoms with Crippen LogP contribution in [0.25, 0.3) is 0 Å². The molecular weight excluding hydrogens is 326 g/mol. The number of carbonyl (C=O) groups is 1. The van der Waals surface area contributed by atoms with Crippen LogP contribution < -0.4 is 5.32 Å². The average molecular weight is 355 g/mol. The first-order valence-electron chi connectivity index (χ1n) is 9.64. The quantitative estimate of drug-likeness (QED) is 0.821. The normalized spacial score (nSPS) is 15.3. The van der Waals surface area contributed by atoms with Crippen molar-refractivity contribution in [1.82, 2.24) is 15.4 Å². The van der Waals surface area contributed by atoms with E-state index >= 15 is 0 Å². The van der Waals surface area contributed by atoms with Gasteiger partial charge in [0.1, 0.15) is 11.5 Å². The Labute approximate surface area is 155 Å². The molecule has 0 unspecified atom stereocenters. The van der Waals surface area contributed by atoms with Gasteiger partial charge in [0.15, 0.2) is 0 Å². The molecule has 140 valence electrons. The van der Waals surface area contributed by atoms with Gasteiger partial charge in [0.25, 0.3) is 5.91 Å². The number of piperidine rings is 1. The number of aromatic nitrogens is 1. The van der Waals surface area contributed by atoms with Gasteiger partial charge in [-0.1, -0.05) is 37.6 Å². The molecule has 0 atom stereocenters. The van der Waals surface area contributed by atoms with Crippen molar-refractivity contribution in [3.8, 4) is 0 Å². The summed E-state index contributed by atoms with van der Waals surface area (Å²) in [5.74, 6) is 1.31. The Morgan fingerprint density at radius 1 is 1.19 bits per heavy atom. The Kier molecular flexibility index (Phi) is 6.45. The second-order valence-corrected chi connectivity index (χ2v) is 7.60. The lowest BCUT2D eigenvalue weighted by molar-refractivity contribution is 0.0950.